The number of non-ortho nitro benzene ring substituents is 1. The van der Waals surface area contributed by atoms with Gasteiger partial charge in [0.25, 0.3) is 5.69 Å². The van der Waals surface area contributed by atoms with Gasteiger partial charge in [0.1, 0.15) is 6.10 Å². The number of carbonyl (C=O) groups is 1. The fourth-order valence-corrected chi connectivity index (χ4v) is 3.26. The highest BCUT2D eigenvalue weighted by Crippen LogP contribution is 2.46. The molecule has 2 aliphatic carbocycles. The van der Waals surface area contributed by atoms with Crippen molar-refractivity contribution in [3.8, 4) is 0 Å². The van der Waals surface area contributed by atoms with Crippen LogP contribution in [0.5, 0.6) is 0 Å². The predicted octanol–water partition coefficient (Wildman–Crippen LogP) is 2.94. The monoisotopic (exact) mass is 261 g/mol. The number of carbonyl (C=O) groups excluding carboxylic acids is 1. The van der Waals surface area contributed by atoms with Crippen LogP contribution in [0.4, 0.5) is 5.69 Å². The Balaban J connectivity index is 1.65. The van der Waals surface area contributed by atoms with Crippen LogP contribution in [-0.2, 0) is 4.74 Å². The van der Waals surface area contributed by atoms with Crippen molar-refractivity contribution in [2.24, 2.45) is 11.8 Å². The second-order valence-corrected chi connectivity index (χ2v) is 5.42. The van der Waals surface area contributed by atoms with Gasteiger partial charge >= 0.3 is 5.97 Å². The molecule has 5 heteroatoms. The van der Waals surface area contributed by atoms with Crippen molar-refractivity contribution >= 4 is 11.7 Å². The Hall–Kier alpha value is -1.91. The lowest BCUT2D eigenvalue weighted by Crippen LogP contribution is -2.24. The van der Waals surface area contributed by atoms with E-state index in [4.69, 9.17) is 4.74 Å². The van der Waals surface area contributed by atoms with Gasteiger partial charge in [-0.2, -0.15) is 0 Å². The molecule has 2 fully saturated rings. The molecule has 1 aromatic rings. The quantitative estimate of drug-likeness (QED) is 0.476. The molecule has 3 rings (SSSR count). The van der Waals surface area contributed by atoms with Crippen LogP contribution in [0.2, 0.25) is 0 Å². The summed E-state index contributed by atoms with van der Waals surface area (Å²) in [5, 5.41) is 10.5. The van der Waals surface area contributed by atoms with E-state index in [2.05, 4.69) is 0 Å². The Morgan fingerprint density at radius 1 is 1.21 bits per heavy atom. The average molecular weight is 261 g/mol. The first kappa shape index (κ1) is 12.1. The van der Waals surface area contributed by atoms with Gasteiger partial charge in [-0.1, -0.05) is 0 Å². The van der Waals surface area contributed by atoms with Gasteiger partial charge in [-0.25, -0.2) is 4.79 Å². The molecule has 0 heterocycles. The second kappa shape index (κ2) is 4.64. The fourth-order valence-electron chi connectivity index (χ4n) is 3.26. The molecule has 0 spiro atoms. The molecule has 0 N–H and O–H groups in total. The van der Waals surface area contributed by atoms with E-state index in [-0.39, 0.29) is 17.8 Å². The smallest absolute Gasteiger partial charge is 0.338 e. The molecule has 2 saturated carbocycles. The van der Waals surface area contributed by atoms with Gasteiger partial charge in [0, 0.05) is 12.1 Å². The van der Waals surface area contributed by atoms with Crippen molar-refractivity contribution in [1.29, 1.82) is 0 Å². The zero-order chi connectivity index (χ0) is 13.4. The molecular weight excluding hydrogens is 246 g/mol. The van der Waals surface area contributed by atoms with Crippen molar-refractivity contribution in [2.45, 2.75) is 31.8 Å². The molecule has 2 bridgehead atoms. The maximum absolute atomic E-state index is 12.0. The number of nitro groups is 1. The summed E-state index contributed by atoms with van der Waals surface area (Å²) in [6, 6.07) is 5.57. The molecular formula is C14H15NO4. The number of rotatable bonds is 3. The molecule has 1 aromatic carbocycles. The molecule has 5 nitrogen and oxygen atoms in total. The largest absolute Gasteiger partial charge is 0.458 e. The van der Waals surface area contributed by atoms with E-state index in [1.54, 1.807) is 0 Å². The summed E-state index contributed by atoms with van der Waals surface area (Å²) in [5.74, 6) is 0.874. The first-order valence-electron chi connectivity index (χ1n) is 6.59. The van der Waals surface area contributed by atoms with E-state index >= 15 is 0 Å². The van der Waals surface area contributed by atoms with Gasteiger partial charge in [0.05, 0.1) is 10.5 Å². The SMILES string of the molecule is O=C(O[C@H]1C[C@H]2CC[C@@H]1C2)c1ccc([N+](=O)[O-])cc1. The third-order valence-electron chi connectivity index (χ3n) is 4.25. The number of hydrogen-bond acceptors (Lipinski definition) is 4. The summed E-state index contributed by atoms with van der Waals surface area (Å²) < 4.78 is 5.52. The van der Waals surface area contributed by atoms with Gasteiger partial charge in [-0.3, -0.25) is 10.1 Å². The van der Waals surface area contributed by atoms with Crippen LogP contribution in [0.3, 0.4) is 0 Å². The predicted molar refractivity (Wildman–Crippen MR) is 67.7 cm³/mol. The molecule has 100 valence electrons. The lowest BCUT2D eigenvalue weighted by atomic mass is 9.98. The lowest BCUT2D eigenvalue weighted by Gasteiger charge is -2.21. The van der Waals surface area contributed by atoms with Gasteiger partial charge in [0.2, 0.25) is 0 Å². The van der Waals surface area contributed by atoms with Gasteiger partial charge in [-0.05, 0) is 49.7 Å². The Kier molecular flexibility index (Phi) is 2.97. The van der Waals surface area contributed by atoms with E-state index in [0.717, 1.165) is 18.8 Å². The minimum absolute atomic E-state index is 0.0172. The van der Waals surface area contributed by atoms with Crippen molar-refractivity contribution in [3.05, 3.63) is 39.9 Å². The van der Waals surface area contributed by atoms with Crippen LogP contribution in [0.15, 0.2) is 24.3 Å². The maximum atomic E-state index is 12.0. The highest BCUT2D eigenvalue weighted by molar-refractivity contribution is 5.89. The average Bonchev–Trinajstić information content (AvgIpc) is 3.01. The van der Waals surface area contributed by atoms with Crippen molar-refractivity contribution in [2.75, 3.05) is 0 Å². The Labute approximate surface area is 110 Å². The molecule has 0 saturated heterocycles. The third kappa shape index (κ3) is 2.32. The number of fused-ring (bicyclic) bond motifs is 2. The molecule has 0 unspecified atom stereocenters. The highest BCUT2D eigenvalue weighted by atomic mass is 16.6. The number of nitro benzene ring substituents is 1. The highest BCUT2D eigenvalue weighted by Gasteiger charge is 2.41. The Morgan fingerprint density at radius 2 is 1.95 bits per heavy atom. The number of benzene rings is 1. The number of hydrogen-bond donors (Lipinski definition) is 0. The van der Waals surface area contributed by atoms with E-state index < -0.39 is 4.92 Å². The number of esters is 1. The lowest BCUT2D eigenvalue weighted by molar-refractivity contribution is -0.384. The molecule has 0 aromatic heterocycles. The number of ether oxygens (including phenoxy) is 1. The van der Waals surface area contributed by atoms with Crippen LogP contribution in [0.25, 0.3) is 0 Å². The Morgan fingerprint density at radius 3 is 2.47 bits per heavy atom. The molecule has 19 heavy (non-hydrogen) atoms. The van der Waals surface area contributed by atoms with E-state index in [1.807, 2.05) is 0 Å². The van der Waals surface area contributed by atoms with Crippen LogP contribution in [-0.4, -0.2) is 17.0 Å². The third-order valence-corrected chi connectivity index (χ3v) is 4.25. The van der Waals surface area contributed by atoms with Crippen LogP contribution >= 0.6 is 0 Å². The minimum Gasteiger partial charge on any atom is -0.458 e. The van der Waals surface area contributed by atoms with Crippen LogP contribution < -0.4 is 0 Å². The zero-order valence-electron chi connectivity index (χ0n) is 10.5. The maximum Gasteiger partial charge on any atom is 0.338 e. The summed E-state index contributed by atoms with van der Waals surface area (Å²) in [6.45, 7) is 0. The summed E-state index contributed by atoms with van der Waals surface area (Å²) in [6.07, 6.45) is 4.61. The van der Waals surface area contributed by atoms with E-state index in [9.17, 15) is 14.9 Å². The van der Waals surface area contributed by atoms with Crippen LogP contribution in [0.1, 0.15) is 36.0 Å². The van der Waals surface area contributed by atoms with E-state index in [0.29, 0.717) is 11.5 Å². The molecule has 0 amide bonds. The van der Waals surface area contributed by atoms with Gasteiger partial charge < -0.3 is 4.74 Å². The van der Waals surface area contributed by atoms with E-state index in [1.165, 1.54) is 37.1 Å². The summed E-state index contributed by atoms with van der Waals surface area (Å²) in [4.78, 5) is 22.0. The van der Waals surface area contributed by atoms with Crippen molar-refractivity contribution in [3.63, 3.8) is 0 Å². The summed E-state index contributed by atoms with van der Waals surface area (Å²) in [7, 11) is 0. The summed E-state index contributed by atoms with van der Waals surface area (Å²) in [5.41, 5.74) is 0.366. The molecule has 2 aliphatic rings. The normalized spacial score (nSPS) is 28.3. The standard InChI is InChI=1S/C14H15NO4/c16-14(10-3-5-12(6-4-10)15(17)18)19-13-8-9-1-2-11(13)7-9/h3-6,9,11,13H,1-2,7-8H2/t9-,11+,13-/m0/s1. The minimum atomic E-state index is -0.481. The van der Waals surface area contributed by atoms with Crippen molar-refractivity contribution in [1.82, 2.24) is 0 Å². The second-order valence-electron chi connectivity index (χ2n) is 5.42. The van der Waals surface area contributed by atoms with Crippen LogP contribution in [0, 0.1) is 22.0 Å². The first-order chi connectivity index (χ1) is 9.13. The molecule has 0 radical (unpaired) electrons. The molecule has 0 aliphatic heterocycles. The Bertz CT molecular complexity index is 511. The van der Waals surface area contributed by atoms with Gasteiger partial charge in [-0.15, -0.1) is 0 Å². The fraction of sp³-hybridized carbons (Fsp3) is 0.500. The van der Waals surface area contributed by atoms with Crippen molar-refractivity contribution < 1.29 is 14.5 Å². The first-order valence-corrected chi connectivity index (χ1v) is 6.59. The summed E-state index contributed by atoms with van der Waals surface area (Å²) >= 11 is 0. The zero-order valence-corrected chi connectivity index (χ0v) is 10.5. The van der Waals surface area contributed by atoms with Gasteiger partial charge in [0.15, 0.2) is 0 Å². The molecule has 3 atom stereocenters. The number of nitrogens with zero attached hydrogens (tertiary/aromatic N) is 1. The topological polar surface area (TPSA) is 69.4 Å².